The summed E-state index contributed by atoms with van der Waals surface area (Å²) in [4.78, 5) is 4.91. The molecule has 0 spiro atoms. The molecule has 0 N–H and O–H groups in total. The molecule has 1 unspecified atom stereocenters. The second-order valence-electron chi connectivity index (χ2n) is 19.5. The summed E-state index contributed by atoms with van der Waals surface area (Å²) in [6.07, 6.45) is 3.93. The maximum atomic E-state index is 6.87. The van der Waals surface area contributed by atoms with E-state index < -0.39 is 0 Å². The Balaban J connectivity index is 1.04. The Morgan fingerprint density at radius 3 is 1.80 bits per heavy atom. The number of imidazole rings is 1. The van der Waals surface area contributed by atoms with Crippen LogP contribution in [0, 0.1) is 3.80 Å². The molecule has 1 aliphatic rings. The van der Waals surface area contributed by atoms with Gasteiger partial charge in [-0.1, -0.05) is 39.0 Å². The third-order valence-electron chi connectivity index (χ3n) is 13.3. The molecule has 11 rings (SSSR count). The first-order chi connectivity index (χ1) is 31.4. The molecule has 0 amide bonds. The molecule has 0 radical (unpaired) electrons. The molecule has 65 heavy (non-hydrogen) atoms. The molecule has 3 heterocycles. The molecule has 6 heteroatoms. The van der Waals surface area contributed by atoms with Crippen LogP contribution in [0.5, 0.6) is 11.5 Å². The number of fused-ring (bicyclic) bond motifs is 5. The summed E-state index contributed by atoms with van der Waals surface area (Å²) in [7, 11) is 0. The standard InChI is InChI=1S/C59H52N4O.Pt/c1-58(2,3)42-31-32-60-56(35-42)63-52-22-14-13-21-46(52)47-29-28-45(37-55(47)63)64-44-27-25-41-26-30-51(48(41)36-44)61-38-62(54-24-16-15-23-53(54)61)57-49(39-17-9-7-10-18-39)33-43(59(4,5)6)34-50(57)40-19-11-8-12-20-40;/h7-25,27-29,31-37,51H,26,30H2,1-6H3;. The van der Waals surface area contributed by atoms with Crippen LogP contribution in [0.25, 0.3) is 66.6 Å². The number of para-hydroxylation sites is 3. The van der Waals surface area contributed by atoms with E-state index in [9.17, 15) is 0 Å². The van der Waals surface area contributed by atoms with Crippen LogP contribution in [0.4, 0.5) is 0 Å². The summed E-state index contributed by atoms with van der Waals surface area (Å²) < 4.78 is 15.4. The van der Waals surface area contributed by atoms with Gasteiger partial charge in [-0.05, 0) is 29.2 Å². The van der Waals surface area contributed by atoms with E-state index in [1.54, 1.807) is 0 Å². The van der Waals surface area contributed by atoms with Crippen molar-refractivity contribution in [3.05, 3.63) is 202 Å². The Bertz CT molecular complexity index is 3450. The fourth-order valence-corrected chi connectivity index (χ4v) is 11.1. The van der Waals surface area contributed by atoms with Crippen molar-refractivity contribution in [2.45, 2.75) is 71.3 Å². The predicted molar refractivity (Wildman–Crippen MR) is 264 cm³/mol. The molecule has 10 aromatic rings. The molecule has 7 aromatic carbocycles. The molecule has 0 saturated heterocycles. The van der Waals surface area contributed by atoms with Gasteiger partial charge in [0.15, 0.2) is 0 Å². The minimum Gasteiger partial charge on any atom is -0.0149 e. The van der Waals surface area contributed by atoms with Gasteiger partial charge in [-0.3, -0.25) is 0 Å². The van der Waals surface area contributed by atoms with Crippen LogP contribution in [-0.2, 0) is 36.6 Å². The molecule has 0 fully saturated rings. The summed E-state index contributed by atoms with van der Waals surface area (Å²) in [5, 5.41) is 2.37. The van der Waals surface area contributed by atoms with E-state index >= 15 is 0 Å². The molecule has 324 valence electrons. The summed E-state index contributed by atoms with van der Waals surface area (Å²) >= 11 is 2.60. The van der Waals surface area contributed by atoms with Crippen LogP contribution in [-0.4, -0.2) is 18.7 Å². The molecule has 5 nitrogen and oxygen atoms in total. The zero-order valence-corrected chi connectivity index (χ0v) is 40.0. The Hall–Kier alpha value is -6.55. The van der Waals surface area contributed by atoms with Crippen molar-refractivity contribution in [1.82, 2.24) is 18.7 Å². The van der Waals surface area contributed by atoms with Gasteiger partial charge < -0.3 is 0 Å². The number of pyridine rings is 1. The van der Waals surface area contributed by atoms with E-state index in [0.717, 1.165) is 45.0 Å². The molecule has 0 aliphatic heterocycles. The van der Waals surface area contributed by atoms with Gasteiger partial charge in [-0.2, -0.15) is 0 Å². The third-order valence-corrected chi connectivity index (χ3v) is 14.4. The summed E-state index contributed by atoms with van der Waals surface area (Å²) in [6, 6.07) is 61.9. The van der Waals surface area contributed by atoms with Gasteiger partial charge in [-0.15, -0.1) is 0 Å². The first kappa shape index (κ1) is 41.2. The fraction of sp³-hybridized carbons (Fsp3) is 0.186. The average molecular weight is 1030 g/mol. The Morgan fingerprint density at radius 2 is 1.12 bits per heavy atom. The number of rotatable bonds is 7. The largest absolute Gasteiger partial charge is 0.0149 e. The first-order valence-corrected chi connectivity index (χ1v) is 23.8. The SMILES string of the molecule is CC(C)(C)c1ccnc(-n2c3ccccc3c3ccc(Oc4ccc5c(c4)C(n4[c](=[Pt])n(-c6c(-c7ccccc7)cc(C(C)(C)C)cc6-c6ccccc6)c6ccccc64)CC5)cc32)c1. The minimum atomic E-state index is -0.0513. The first-order valence-electron chi connectivity index (χ1n) is 22.7. The number of aromatic nitrogens is 4. The smallest absolute Gasteiger partial charge is 0.0149 e. The number of hydrogen-bond acceptors (Lipinski definition) is 2. The normalized spacial score (nSPS) is 14.1. The van der Waals surface area contributed by atoms with Crippen LogP contribution < -0.4 is 4.74 Å². The topological polar surface area (TPSA) is 36.9 Å². The van der Waals surface area contributed by atoms with E-state index in [1.165, 1.54) is 72.0 Å². The predicted octanol–water partition coefficient (Wildman–Crippen LogP) is 15.3. The summed E-state index contributed by atoms with van der Waals surface area (Å²) in [6.45, 7) is 13.7. The van der Waals surface area contributed by atoms with Gasteiger partial charge in [0, 0.05) is 6.20 Å². The molecular formula is C59H52N4OPt. The fourth-order valence-electron chi connectivity index (χ4n) is 9.92. The van der Waals surface area contributed by atoms with Gasteiger partial charge in [0.05, 0.1) is 0 Å². The van der Waals surface area contributed by atoms with Crippen LogP contribution >= 0.6 is 0 Å². The van der Waals surface area contributed by atoms with E-state index in [0.29, 0.717) is 0 Å². The Labute approximate surface area is 392 Å². The van der Waals surface area contributed by atoms with Crippen molar-refractivity contribution in [3.8, 4) is 45.3 Å². The molecule has 1 atom stereocenters. The van der Waals surface area contributed by atoms with E-state index in [1.807, 2.05) is 6.20 Å². The molecular weight excluding hydrogens is 976 g/mol. The van der Waals surface area contributed by atoms with Crippen molar-refractivity contribution in [2.75, 3.05) is 0 Å². The molecule has 3 aromatic heterocycles. The van der Waals surface area contributed by atoms with Crippen molar-refractivity contribution < 1.29 is 24.1 Å². The van der Waals surface area contributed by atoms with Gasteiger partial charge >= 0.3 is 315 Å². The van der Waals surface area contributed by atoms with Crippen molar-refractivity contribution in [3.63, 3.8) is 0 Å². The van der Waals surface area contributed by atoms with Crippen molar-refractivity contribution in [1.29, 1.82) is 0 Å². The van der Waals surface area contributed by atoms with Crippen molar-refractivity contribution in [2.24, 2.45) is 0 Å². The summed E-state index contributed by atoms with van der Waals surface area (Å²) in [5.74, 6) is 2.53. The molecule has 0 bridgehead atoms. The van der Waals surface area contributed by atoms with Gasteiger partial charge in [0.1, 0.15) is 0 Å². The quantitative estimate of drug-likeness (QED) is 0.160. The van der Waals surface area contributed by atoms with Gasteiger partial charge in [-0.25, -0.2) is 4.98 Å². The molecule has 0 saturated carbocycles. The Morgan fingerprint density at radius 1 is 0.538 bits per heavy atom. The van der Waals surface area contributed by atoms with Gasteiger partial charge in [0.2, 0.25) is 0 Å². The zero-order valence-electron chi connectivity index (χ0n) is 37.7. The molecule has 1 aliphatic carbocycles. The van der Waals surface area contributed by atoms with Crippen LogP contribution in [0.2, 0.25) is 0 Å². The zero-order chi connectivity index (χ0) is 44.6. The van der Waals surface area contributed by atoms with Crippen LogP contribution in [0.15, 0.2) is 176 Å². The van der Waals surface area contributed by atoms with Crippen LogP contribution in [0.1, 0.15) is 76.3 Å². The van der Waals surface area contributed by atoms with Crippen LogP contribution in [0.3, 0.4) is 0 Å². The maximum Gasteiger partial charge on any atom is -0.0149 e. The number of benzene rings is 7. The second kappa shape index (κ2) is 15.9. The Kier molecular flexibility index (Phi) is 10.0. The number of ether oxygens (including phenoxy) is 1. The monoisotopic (exact) mass is 1030 g/mol. The number of aryl methyl sites for hydroxylation is 1. The maximum absolute atomic E-state index is 6.87. The average Bonchev–Trinajstić information content (AvgIpc) is 3.97. The van der Waals surface area contributed by atoms with Gasteiger partial charge in [0.25, 0.3) is 0 Å². The van der Waals surface area contributed by atoms with E-state index in [2.05, 4.69) is 244 Å². The minimum absolute atomic E-state index is 0.00461. The second-order valence-corrected chi connectivity index (χ2v) is 20.6. The number of nitrogens with zero attached hydrogens (tertiary/aromatic N) is 4. The number of hydrogen-bond donors (Lipinski definition) is 0. The third kappa shape index (κ3) is 7.22. The summed E-state index contributed by atoms with van der Waals surface area (Å²) in [5.41, 5.74) is 15.8. The van der Waals surface area contributed by atoms with E-state index in [-0.39, 0.29) is 16.9 Å². The van der Waals surface area contributed by atoms with E-state index in [4.69, 9.17) is 9.72 Å². The van der Waals surface area contributed by atoms with Crippen molar-refractivity contribution >= 4 is 32.8 Å².